The second-order valence-electron chi connectivity index (χ2n) is 2.30. The molecule has 1 aromatic carbocycles. The molecule has 4 heteroatoms. The van der Waals surface area contributed by atoms with E-state index in [0.717, 1.165) is 0 Å². The van der Waals surface area contributed by atoms with Gasteiger partial charge in [-0.15, -0.1) is 0 Å². The summed E-state index contributed by atoms with van der Waals surface area (Å²) in [7, 11) is 0. The van der Waals surface area contributed by atoms with Crippen LogP contribution in [0.1, 0.15) is 0 Å². The van der Waals surface area contributed by atoms with Crippen LogP contribution in [0.25, 0.3) is 11.0 Å². The normalized spacial score (nSPS) is 10.4. The number of nitrogens with zero attached hydrogens (tertiary/aromatic N) is 2. The van der Waals surface area contributed by atoms with Crippen LogP contribution in [0.15, 0.2) is 24.5 Å². The van der Waals surface area contributed by atoms with Gasteiger partial charge in [-0.1, -0.05) is 11.6 Å². The Bertz CT molecular complexity index is 390. The third-order valence-corrected chi connectivity index (χ3v) is 1.84. The van der Waals surface area contributed by atoms with E-state index in [1.54, 1.807) is 0 Å². The summed E-state index contributed by atoms with van der Waals surface area (Å²) in [5.41, 5.74) is 0.789. The van der Waals surface area contributed by atoms with E-state index in [1.807, 2.05) is 0 Å². The fourth-order valence-corrected chi connectivity index (χ4v) is 1.20. The highest BCUT2D eigenvalue weighted by Gasteiger charge is 2.05. The van der Waals surface area contributed by atoms with E-state index < -0.39 is 0 Å². The van der Waals surface area contributed by atoms with Crippen molar-refractivity contribution >= 4 is 22.6 Å². The molecule has 0 aliphatic heterocycles. The van der Waals surface area contributed by atoms with Gasteiger partial charge in [0.15, 0.2) is 0 Å². The number of hydrogen-bond donors (Lipinski definition) is 0. The Morgan fingerprint density at radius 3 is 2.42 bits per heavy atom. The molecule has 12 heavy (non-hydrogen) atoms. The van der Waals surface area contributed by atoms with Gasteiger partial charge in [-0.3, -0.25) is 10.1 Å². The molecule has 0 fully saturated rings. The number of hydrogen-bond acceptors (Lipinski definition) is 2. The van der Waals surface area contributed by atoms with Crippen LogP contribution in [0.5, 0.6) is 5.75 Å². The van der Waals surface area contributed by atoms with E-state index in [-0.39, 0.29) is 5.75 Å². The number of fused-ring (bicyclic) bond motifs is 1. The Balaban J connectivity index is 2.95. The van der Waals surface area contributed by atoms with Crippen molar-refractivity contribution in [2.45, 2.75) is 0 Å². The van der Waals surface area contributed by atoms with Crippen LogP contribution in [-0.4, -0.2) is 9.97 Å². The van der Waals surface area contributed by atoms with Gasteiger partial charge in [-0.25, -0.2) is 4.98 Å². The van der Waals surface area contributed by atoms with Crippen LogP contribution in [0, 0.1) is 0 Å². The summed E-state index contributed by atoms with van der Waals surface area (Å²) >= 11 is 5.79. The van der Waals surface area contributed by atoms with Crippen molar-refractivity contribution in [3.8, 4) is 5.75 Å². The van der Waals surface area contributed by atoms with Gasteiger partial charge in [0.25, 0.3) is 0 Å². The summed E-state index contributed by atoms with van der Waals surface area (Å²) in [5, 5.41) is 11.6. The molecule has 0 saturated carbocycles. The predicted molar refractivity (Wildman–Crippen MR) is 44.7 cm³/mol. The second kappa shape index (κ2) is 2.60. The van der Waals surface area contributed by atoms with Crippen molar-refractivity contribution in [3.63, 3.8) is 0 Å². The number of benzene rings is 1. The SMILES string of the molecule is [O]c1ccc(Cl)c2nccnc12. The lowest BCUT2D eigenvalue weighted by Gasteiger charge is -1.97. The molecule has 3 nitrogen and oxygen atoms in total. The average molecular weight is 180 g/mol. The molecule has 2 rings (SSSR count). The van der Waals surface area contributed by atoms with Crippen LogP contribution < -0.4 is 0 Å². The van der Waals surface area contributed by atoms with Crippen molar-refractivity contribution in [3.05, 3.63) is 29.5 Å². The molecule has 1 radical (unpaired) electrons. The molecule has 2 aromatic rings. The zero-order valence-electron chi connectivity index (χ0n) is 5.99. The summed E-state index contributed by atoms with van der Waals surface area (Å²) < 4.78 is 0. The van der Waals surface area contributed by atoms with E-state index in [2.05, 4.69) is 9.97 Å². The smallest absolute Gasteiger partial charge is 0.206 e. The molecule has 0 aliphatic carbocycles. The number of halogens is 1. The molecule has 0 spiro atoms. The van der Waals surface area contributed by atoms with Gasteiger partial charge < -0.3 is 0 Å². The molecule has 1 aromatic heterocycles. The highest BCUT2D eigenvalue weighted by atomic mass is 35.5. The van der Waals surface area contributed by atoms with Gasteiger partial charge in [-0.05, 0) is 12.1 Å². The van der Waals surface area contributed by atoms with E-state index >= 15 is 0 Å². The predicted octanol–water partition coefficient (Wildman–Crippen LogP) is 2.43. The maximum atomic E-state index is 11.2. The third-order valence-electron chi connectivity index (χ3n) is 1.54. The van der Waals surface area contributed by atoms with Gasteiger partial charge in [0.05, 0.1) is 5.02 Å². The number of aromatic nitrogens is 2. The molecular formula is C8H4ClN2O. The maximum Gasteiger partial charge on any atom is 0.206 e. The lowest BCUT2D eigenvalue weighted by atomic mass is 10.3. The van der Waals surface area contributed by atoms with Crippen molar-refractivity contribution < 1.29 is 5.11 Å². The molecule has 59 valence electrons. The first-order valence-electron chi connectivity index (χ1n) is 3.35. The summed E-state index contributed by atoms with van der Waals surface area (Å²) in [6, 6.07) is 2.92. The summed E-state index contributed by atoms with van der Waals surface area (Å²) in [5.74, 6) is -0.150. The van der Waals surface area contributed by atoms with Crippen molar-refractivity contribution in [2.24, 2.45) is 0 Å². The molecule has 0 aliphatic rings. The maximum absolute atomic E-state index is 11.2. The average Bonchev–Trinajstić information content (AvgIpc) is 2.12. The fraction of sp³-hybridized carbons (Fsp3) is 0. The Kier molecular flexibility index (Phi) is 1.59. The monoisotopic (exact) mass is 179 g/mol. The molecule has 0 amide bonds. The highest BCUT2D eigenvalue weighted by molar-refractivity contribution is 6.35. The van der Waals surface area contributed by atoms with E-state index in [0.29, 0.717) is 16.1 Å². The largest absolute Gasteiger partial charge is 0.287 e. The van der Waals surface area contributed by atoms with Crippen LogP contribution in [-0.2, 0) is 5.11 Å². The topological polar surface area (TPSA) is 45.7 Å². The Morgan fingerprint density at radius 1 is 1.08 bits per heavy atom. The molecule has 0 saturated heterocycles. The van der Waals surface area contributed by atoms with Crippen molar-refractivity contribution in [1.29, 1.82) is 0 Å². The van der Waals surface area contributed by atoms with Gasteiger partial charge in [0, 0.05) is 12.4 Å². The van der Waals surface area contributed by atoms with Gasteiger partial charge in [-0.2, -0.15) is 0 Å². The van der Waals surface area contributed by atoms with Crippen LogP contribution in [0.3, 0.4) is 0 Å². The fourth-order valence-electron chi connectivity index (χ4n) is 1.000. The van der Waals surface area contributed by atoms with Gasteiger partial charge in [0.1, 0.15) is 11.0 Å². The Labute approximate surface area is 73.6 Å². The first kappa shape index (κ1) is 7.31. The van der Waals surface area contributed by atoms with Gasteiger partial charge in [0.2, 0.25) is 5.75 Å². The molecular weight excluding hydrogens is 176 g/mol. The summed E-state index contributed by atoms with van der Waals surface area (Å²) in [6.07, 6.45) is 2.98. The highest BCUT2D eigenvalue weighted by Crippen LogP contribution is 2.26. The first-order valence-corrected chi connectivity index (χ1v) is 3.73. The molecule has 1 heterocycles. The van der Waals surface area contributed by atoms with Crippen LogP contribution >= 0.6 is 11.6 Å². The molecule has 0 unspecified atom stereocenters. The number of rotatable bonds is 0. The Morgan fingerprint density at radius 2 is 1.75 bits per heavy atom. The van der Waals surface area contributed by atoms with E-state index in [1.165, 1.54) is 24.5 Å². The Hall–Kier alpha value is -1.35. The third kappa shape index (κ3) is 0.987. The molecule has 0 N–H and O–H groups in total. The molecule has 0 atom stereocenters. The lowest BCUT2D eigenvalue weighted by molar-refractivity contribution is 0.359. The van der Waals surface area contributed by atoms with E-state index in [9.17, 15) is 5.11 Å². The minimum absolute atomic E-state index is 0.150. The summed E-state index contributed by atoms with van der Waals surface area (Å²) in [6.45, 7) is 0. The lowest BCUT2D eigenvalue weighted by Crippen LogP contribution is -1.82. The minimum Gasteiger partial charge on any atom is -0.287 e. The van der Waals surface area contributed by atoms with Crippen LogP contribution in [0.4, 0.5) is 0 Å². The van der Waals surface area contributed by atoms with Crippen molar-refractivity contribution in [2.75, 3.05) is 0 Å². The minimum atomic E-state index is -0.150. The van der Waals surface area contributed by atoms with Gasteiger partial charge >= 0.3 is 0 Å². The van der Waals surface area contributed by atoms with Crippen molar-refractivity contribution in [1.82, 2.24) is 9.97 Å². The summed E-state index contributed by atoms with van der Waals surface area (Å²) in [4.78, 5) is 7.83. The first-order chi connectivity index (χ1) is 5.79. The quantitative estimate of drug-likeness (QED) is 0.624. The standard InChI is InChI=1S/C8H4ClN2O/c9-5-1-2-6(12)8-7(5)10-3-4-11-8/h1-4H. The zero-order chi connectivity index (χ0) is 8.55. The molecule has 0 bridgehead atoms. The zero-order valence-corrected chi connectivity index (χ0v) is 6.75. The second-order valence-corrected chi connectivity index (χ2v) is 2.71. The van der Waals surface area contributed by atoms with E-state index in [4.69, 9.17) is 11.6 Å². The van der Waals surface area contributed by atoms with Crippen LogP contribution in [0.2, 0.25) is 5.02 Å².